The van der Waals surface area contributed by atoms with Gasteiger partial charge in [-0.15, -0.1) is 6.58 Å². The molecule has 2 nitrogen and oxygen atoms in total. The summed E-state index contributed by atoms with van der Waals surface area (Å²) in [6.07, 6.45) is -1.34. The van der Waals surface area contributed by atoms with Crippen molar-refractivity contribution in [1.82, 2.24) is 9.78 Å². The van der Waals surface area contributed by atoms with Crippen molar-refractivity contribution >= 4 is 0 Å². The molecule has 2 aromatic rings. The van der Waals surface area contributed by atoms with Crippen molar-refractivity contribution in [2.45, 2.75) is 33.9 Å². The van der Waals surface area contributed by atoms with Crippen molar-refractivity contribution in [1.29, 1.82) is 0 Å². The van der Waals surface area contributed by atoms with Crippen LogP contribution in [-0.4, -0.2) is 9.78 Å². The Morgan fingerprint density at radius 3 is 1.95 bits per heavy atom. The third kappa shape index (κ3) is 6.29. The van der Waals surface area contributed by atoms with Crippen LogP contribution in [0.2, 0.25) is 0 Å². The quantitative estimate of drug-likeness (QED) is 0.643. The van der Waals surface area contributed by atoms with E-state index in [1.54, 1.807) is 18.2 Å². The number of alkyl halides is 3. The van der Waals surface area contributed by atoms with Crippen molar-refractivity contribution in [3.63, 3.8) is 0 Å². The van der Waals surface area contributed by atoms with E-state index < -0.39 is 11.9 Å². The molecule has 0 fully saturated rings. The average molecular weight is 298 g/mol. The molecule has 0 radical (unpaired) electrons. The molecular weight excluding hydrogens is 277 g/mol. The van der Waals surface area contributed by atoms with Gasteiger partial charge < -0.3 is 0 Å². The highest BCUT2D eigenvalue weighted by Crippen LogP contribution is 2.27. The molecule has 1 aromatic heterocycles. The second-order valence-electron chi connectivity index (χ2n) is 3.89. The summed E-state index contributed by atoms with van der Waals surface area (Å²) < 4.78 is 38.1. The molecule has 2 rings (SSSR count). The average Bonchev–Trinajstić information content (AvgIpc) is 2.92. The molecule has 0 bridgehead atoms. The third-order valence-corrected chi connectivity index (χ3v) is 2.18. The van der Waals surface area contributed by atoms with Gasteiger partial charge in [-0.3, -0.25) is 0 Å². The predicted molar refractivity (Wildman–Crippen MR) is 80.5 cm³/mol. The highest BCUT2D eigenvalue weighted by molar-refractivity contribution is 5.33. The van der Waals surface area contributed by atoms with Crippen LogP contribution in [0.4, 0.5) is 13.2 Å². The molecule has 0 saturated heterocycles. The number of aryl methyl sites for hydroxylation is 1. The number of rotatable bonds is 1. The monoisotopic (exact) mass is 298 g/mol. The van der Waals surface area contributed by atoms with Crippen LogP contribution in [0.1, 0.15) is 32.0 Å². The molecule has 0 aliphatic rings. The number of hydrogen-bond acceptors (Lipinski definition) is 1. The minimum Gasteiger partial charge on any atom is -0.240 e. The summed E-state index contributed by atoms with van der Waals surface area (Å²) in [6, 6.07) is 8.05. The Kier molecular flexibility index (Phi) is 8.12. The predicted octanol–water partition coefficient (Wildman–Crippen LogP) is 5.42. The van der Waals surface area contributed by atoms with Crippen molar-refractivity contribution in [2.75, 3.05) is 0 Å². The smallest absolute Gasteiger partial charge is 0.240 e. The lowest BCUT2D eigenvalue weighted by atomic mass is 10.2. The van der Waals surface area contributed by atoms with Crippen LogP contribution in [0.5, 0.6) is 0 Å². The van der Waals surface area contributed by atoms with Crippen LogP contribution in [0, 0.1) is 6.92 Å². The Bertz CT molecular complexity index is 525. The molecule has 0 unspecified atom stereocenters. The number of allylic oxidation sites excluding steroid dienone is 1. The molecule has 0 N–H and O–H groups in total. The summed E-state index contributed by atoms with van der Waals surface area (Å²) >= 11 is 0. The van der Waals surface area contributed by atoms with Crippen LogP contribution in [0.25, 0.3) is 5.69 Å². The van der Waals surface area contributed by atoms with E-state index in [9.17, 15) is 13.2 Å². The van der Waals surface area contributed by atoms with Crippen molar-refractivity contribution in [3.8, 4) is 5.69 Å². The normalized spacial score (nSPS) is 9.86. The first-order valence-corrected chi connectivity index (χ1v) is 6.65. The Balaban J connectivity index is 0.000000713. The van der Waals surface area contributed by atoms with Gasteiger partial charge in [-0.2, -0.15) is 18.3 Å². The molecule has 21 heavy (non-hydrogen) atoms. The van der Waals surface area contributed by atoms with E-state index in [0.29, 0.717) is 5.69 Å². The minimum absolute atomic E-state index is 0.612. The molecule has 0 aliphatic heterocycles. The first kappa shape index (κ1) is 19.0. The van der Waals surface area contributed by atoms with Crippen LogP contribution in [0.15, 0.2) is 49.2 Å². The Morgan fingerprint density at radius 1 is 1.10 bits per heavy atom. The summed E-state index contributed by atoms with van der Waals surface area (Å²) in [6.45, 7) is 11.2. The zero-order valence-corrected chi connectivity index (χ0v) is 12.8. The van der Waals surface area contributed by atoms with Gasteiger partial charge in [-0.05, 0) is 32.0 Å². The van der Waals surface area contributed by atoms with Gasteiger partial charge >= 0.3 is 6.18 Å². The molecule has 0 spiro atoms. The molecule has 1 aromatic carbocycles. The van der Waals surface area contributed by atoms with Gasteiger partial charge in [0.2, 0.25) is 0 Å². The van der Waals surface area contributed by atoms with Crippen LogP contribution >= 0.6 is 0 Å². The van der Waals surface area contributed by atoms with E-state index in [4.69, 9.17) is 0 Å². The maximum atomic E-state index is 12.3. The van der Waals surface area contributed by atoms with E-state index in [-0.39, 0.29) is 0 Å². The molecule has 0 atom stereocenters. The van der Waals surface area contributed by atoms with Gasteiger partial charge in [0, 0.05) is 6.20 Å². The molecule has 116 valence electrons. The summed E-state index contributed by atoms with van der Waals surface area (Å²) in [5.74, 6) is 0. The lowest BCUT2D eigenvalue weighted by molar-refractivity contribution is -0.141. The first-order valence-electron chi connectivity index (χ1n) is 6.65. The Labute approximate surface area is 123 Å². The van der Waals surface area contributed by atoms with Crippen LogP contribution in [0.3, 0.4) is 0 Å². The van der Waals surface area contributed by atoms with Crippen molar-refractivity contribution in [2.24, 2.45) is 0 Å². The van der Waals surface area contributed by atoms with E-state index in [0.717, 1.165) is 11.6 Å². The molecule has 0 saturated carbocycles. The summed E-state index contributed by atoms with van der Waals surface area (Å²) in [5.41, 5.74) is 0.779. The Morgan fingerprint density at radius 2 is 1.57 bits per heavy atom. The standard InChI is InChI=1S/C11H9F3N2.C3H6.C2H6/c1-8-2-4-9(5-3-8)16-7-6-10(15-16)11(12,13)14;1-3-2;1-2/h2-7H,1H3;3H,1H2,2H3;1-2H3. The first-order chi connectivity index (χ1) is 9.88. The molecule has 0 aliphatic carbocycles. The van der Waals surface area contributed by atoms with Crippen LogP contribution < -0.4 is 0 Å². The molecular formula is C16H21F3N2. The van der Waals surface area contributed by atoms with Crippen LogP contribution in [-0.2, 0) is 6.18 Å². The number of nitrogens with zero attached hydrogens (tertiary/aromatic N) is 2. The maximum absolute atomic E-state index is 12.3. The molecule has 0 amide bonds. The van der Waals surface area contributed by atoms with E-state index in [1.165, 1.54) is 10.9 Å². The van der Waals surface area contributed by atoms with Gasteiger partial charge in [-0.25, -0.2) is 4.68 Å². The largest absolute Gasteiger partial charge is 0.435 e. The number of hydrogen-bond donors (Lipinski definition) is 0. The van der Waals surface area contributed by atoms with Gasteiger partial charge in [0.1, 0.15) is 0 Å². The summed E-state index contributed by atoms with van der Waals surface area (Å²) in [7, 11) is 0. The highest BCUT2D eigenvalue weighted by Gasteiger charge is 2.33. The zero-order chi connectivity index (χ0) is 16.5. The lowest BCUT2D eigenvalue weighted by Gasteiger charge is -2.03. The fourth-order valence-electron chi connectivity index (χ4n) is 1.32. The van der Waals surface area contributed by atoms with Gasteiger partial charge in [0.25, 0.3) is 0 Å². The lowest BCUT2D eigenvalue weighted by Crippen LogP contribution is -2.07. The third-order valence-electron chi connectivity index (χ3n) is 2.18. The van der Waals surface area contributed by atoms with E-state index in [2.05, 4.69) is 11.7 Å². The van der Waals surface area contributed by atoms with Gasteiger partial charge in [0.15, 0.2) is 5.69 Å². The van der Waals surface area contributed by atoms with Gasteiger partial charge in [0.05, 0.1) is 5.69 Å². The summed E-state index contributed by atoms with van der Waals surface area (Å²) in [5, 5.41) is 3.47. The number of benzene rings is 1. The summed E-state index contributed by atoms with van der Waals surface area (Å²) in [4.78, 5) is 0. The fraction of sp³-hybridized carbons (Fsp3) is 0.312. The van der Waals surface area contributed by atoms with Crippen molar-refractivity contribution < 1.29 is 13.2 Å². The minimum atomic E-state index is -4.39. The fourth-order valence-corrected chi connectivity index (χ4v) is 1.32. The van der Waals surface area contributed by atoms with E-state index >= 15 is 0 Å². The second-order valence-corrected chi connectivity index (χ2v) is 3.89. The molecule has 1 heterocycles. The second kappa shape index (κ2) is 9.00. The number of aromatic nitrogens is 2. The highest BCUT2D eigenvalue weighted by atomic mass is 19.4. The number of halogens is 3. The molecule has 5 heteroatoms. The topological polar surface area (TPSA) is 17.8 Å². The van der Waals surface area contributed by atoms with Gasteiger partial charge in [-0.1, -0.05) is 37.6 Å². The van der Waals surface area contributed by atoms with E-state index in [1.807, 2.05) is 39.8 Å². The Hall–Kier alpha value is -2.04. The maximum Gasteiger partial charge on any atom is 0.435 e. The van der Waals surface area contributed by atoms with Crippen molar-refractivity contribution in [3.05, 3.63) is 60.4 Å². The zero-order valence-electron chi connectivity index (χ0n) is 12.8. The SMILES string of the molecule is C=CC.CC.Cc1ccc(-n2ccc(C(F)(F)F)n2)cc1.